The fraction of sp³-hybridized carbons (Fsp3) is 0.933. The van der Waals surface area contributed by atoms with Crippen LogP contribution in [0.1, 0.15) is 44.9 Å². The normalized spacial score (nSPS) is 44.4. The smallest absolute Gasteiger partial charge is 0.222 e. The zero-order valence-corrected chi connectivity index (χ0v) is 11.2. The Morgan fingerprint density at radius 1 is 0.944 bits per heavy atom. The van der Waals surface area contributed by atoms with E-state index in [1.54, 1.807) is 0 Å². The van der Waals surface area contributed by atoms with Crippen molar-refractivity contribution in [3.63, 3.8) is 0 Å². The summed E-state index contributed by atoms with van der Waals surface area (Å²) in [6, 6.07) is 1.39. The summed E-state index contributed by atoms with van der Waals surface area (Å²) in [5.74, 6) is 2.01. The van der Waals surface area contributed by atoms with Crippen molar-refractivity contribution in [1.29, 1.82) is 0 Å². The van der Waals surface area contributed by atoms with Crippen molar-refractivity contribution in [2.24, 2.45) is 11.8 Å². The van der Waals surface area contributed by atoms with Gasteiger partial charge < -0.3 is 4.90 Å². The lowest BCUT2D eigenvalue weighted by atomic mass is 9.71. The fourth-order valence-corrected chi connectivity index (χ4v) is 5.10. The summed E-state index contributed by atoms with van der Waals surface area (Å²) < 4.78 is 0. The van der Waals surface area contributed by atoms with E-state index in [-0.39, 0.29) is 0 Å². The summed E-state index contributed by atoms with van der Waals surface area (Å²) >= 11 is 0. The first-order valence-electron chi connectivity index (χ1n) is 7.86. The second kappa shape index (κ2) is 4.22. The van der Waals surface area contributed by atoms with E-state index in [0.717, 1.165) is 37.3 Å². The molecule has 2 bridgehead atoms. The van der Waals surface area contributed by atoms with Gasteiger partial charge in [0, 0.05) is 31.6 Å². The van der Waals surface area contributed by atoms with Crippen LogP contribution in [0.3, 0.4) is 0 Å². The Morgan fingerprint density at radius 2 is 1.78 bits per heavy atom. The Bertz CT molecular complexity index is 356. The average molecular weight is 248 g/mol. The van der Waals surface area contributed by atoms with Crippen LogP contribution in [-0.4, -0.2) is 47.4 Å². The highest BCUT2D eigenvalue weighted by molar-refractivity contribution is 5.77. The van der Waals surface area contributed by atoms with Crippen LogP contribution in [0.2, 0.25) is 0 Å². The summed E-state index contributed by atoms with van der Waals surface area (Å²) in [6.07, 6.45) is 8.78. The number of carbonyl (C=O) groups excluding carboxylic acids is 1. The van der Waals surface area contributed by atoms with Crippen molar-refractivity contribution in [2.75, 3.05) is 19.6 Å². The van der Waals surface area contributed by atoms with Crippen molar-refractivity contribution in [1.82, 2.24) is 9.80 Å². The van der Waals surface area contributed by atoms with Gasteiger partial charge in [-0.05, 0) is 50.5 Å². The van der Waals surface area contributed by atoms with E-state index in [9.17, 15) is 4.79 Å². The molecular formula is C15H24N2O. The van der Waals surface area contributed by atoms with Gasteiger partial charge in [-0.2, -0.15) is 0 Å². The molecule has 0 aliphatic carbocycles. The van der Waals surface area contributed by atoms with Gasteiger partial charge in [0.25, 0.3) is 0 Å². The molecule has 0 saturated carbocycles. The number of piperidine rings is 4. The number of nitrogens with zero attached hydrogens (tertiary/aromatic N) is 2. The van der Waals surface area contributed by atoms with Crippen LogP contribution in [0, 0.1) is 11.8 Å². The van der Waals surface area contributed by atoms with Gasteiger partial charge in [0.1, 0.15) is 0 Å². The molecule has 3 heteroatoms. The molecule has 1 amide bonds. The molecule has 4 fully saturated rings. The van der Waals surface area contributed by atoms with E-state index < -0.39 is 0 Å². The van der Waals surface area contributed by atoms with Crippen LogP contribution in [0.15, 0.2) is 0 Å². The summed E-state index contributed by atoms with van der Waals surface area (Å²) in [5, 5.41) is 0. The van der Waals surface area contributed by atoms with Crippen LogP contribution in [0.5, 0.6) is 0 Å². The third-order valence-electron chi connectivity index (χ3n) is 5.87. The molecule has 0 aromatic heterocycles. The number of carbonyl (C=O) groups is 1. The Balaban J connectivity index is 1.59. The third kappa shape index (κ3) is 1.63. The van der Waals surface area contributed by atoms with Crippen molar-refractivity contribution < 1.29 is 4.79 Å². The molecule has 3 unspecified atom stereocenters. The predicted molar refractivity (Wildman–Crippen MR) is 70.2 cm³/mol. The van der Waals surface area contributed by atoms with E-state index in [1.807, 2.05) is 0 Å². The molecular weight excluding hydrogens is 224 g/mol. The minimum Gasteiger partial charge on any atom is -0.339 e. The largest absolute Gasteiger partial charge is 0.339 e. The molecule has 4 aliphatic heterocycles. The lowest BCUT2D eigenvalue weighted by Gasteiger charge is -2.56. The Labute approximate surface area is 110 Å². The van der Waals surface area contributed by atoms with Crippen LogP contribution in [-0.2, 0) is 4.79 Å². The Morgan fingerprint density at radius 3 is 2.72 bits per heavy atom. The minimum absolute atomic E-state index is 0.449. The number of fused-ring (bicyclic) bond motifs is 6. The molecule has 3 nitrogen and oxygen atoms in total. The average Bonchev–Trinajstić information content (AvgIpc) is 2.40. The van der Waals surface area contributed by atoms with E-state index in [4.69, 9.17) is 0 Å². The molecule has 100 valence electrons. The second-order valence-corrected chi connectivity index (χ2v) is 6.82. The summed E-state index contributed by atoms with van der Waals surface area (Å²) in [7, 11) is 0. The number of amides is 1. The lowest BCUT2D eigenvalue weighted by molar-refractivity contribution is -0.148. The molecule has 0 aromatic rings. The zero-order chi connectivity index (χ0) is 12.1. The number of hydrogen-bond donors (Lipinski definition) is 0. The van der Waals surface area contributed by atoms with Gasteiger partial charge in [0.15, 0.2) is 0 Å². The highest BCUT2D eigenvalue weighted by atomic mass is 16.2. The van der Waals surface area contributed by atoms with Crippen LogP contribution in [0.4, 0.5) is 0 Å². The quantitative estimate of drug-likeness (QED) is 0.653. The topological polar surface area (TPSA) is 23.6 Å². The standard InChI is InChI=1S/C15H24N2O/c18-15-6-3-5-14-11-8-12(10-17(14)15)13-4-1-2-7-16(13)9-11/h11-14H,1-10H2/t11?,12?,13?,14-/m1/s1. The van der Waals surface area contributed by atoms with Crippen LogP contribution in [0.25, 0.3) is 0 Å². The maximum Gasteiger partial charge on any atom is 0.222 e. The SMILES string of the molecule is O=C1CCC[C@@H]2C3CC(CN12)C1CCCCN1C3. The van der Waals surface area contributed by atoms with Crippen molar-refractivity contribution >= 4 is 5.91 Å². The van der Waals surface area contributed by atoms with Crippen LogP contribution < -0.4 is 0 Å². The second-order valence-electron chi connectivity index (χ2n) is 6.82. The summed E-state index contributed by atoms with van der Waals surface area (Å²) in [4.78, 5) is 17.2. The fourth-order valence-electron chi connectivity index (χ4n) is 5.10. The molecule has 0 N–H and O–H groups in total. The maximum atomic E-state index is 12.1. The number of hydrogen-bond acceptors (Lipinski definition) is 2. The Hall–Kier alpha value is -0.570. The van der Waals surface area contributed by atoms with E-state index in [2.05, 4.69) is 9.80 Å². The van der Waals surface area contributed by atoms with E-state index in [1.165, 1.54) is 45.2 Å². The molecule has 18 heavy (non-hydrogen) atoms. The van der Waals surface area contributed by atoms with Crippen molar-refractivity contribution in [3.05, 3.63) is 0 Å². The first kappa shape index (κ1) is 11.3. The number of rotatable bonds is 0. The third-order valence-corrected chi connectivity index (χ3v) is 5.87. The molecule has 0 radical (unpaired) electrons. The van der Waals surface area contributed by atoms with Gasteiger partial charge in [-0.1, -0.05) is 6.42 Å². The first-order chi connectivity index (χ1) is 8.83. The van der Waals surface area contributed by atoms with Gasteiger partial charge in [-0.3, -0.25) is 9.69 Å². The molecule has 4 aliphatic rings. The minimum atomic E-state index is 0.449. The summed E-state index contributed by atoms with van der Waals surface area (Å²) in [6.45, 7) is 3.66. The highest BCUT2D eigenvalue weighted by Gasteiger charge is 2.47. The highest BCUT2D eigenvalue weighted by Crippen LogP contribution is 2.42. The van der Waals surface area contributed by atoms with Gasteiger partial charge in [-0.15, -0.1) is 0 Å². The van der Waals surface area contributed by atoms with Crippen molar-refractivity contribution in [3.8, 4) is 0 Å². The maximum absolute atomic E-state index is 12.1. The predicted octanol–water partition coefficient (Wildman–Crippen LogP) is 1.87. The van der Waals surface area contributed by atoms with Crippen LogP contribution >= 0.6 is 0 Å². The molecule has 4 heterocycles. The first-order valence-corrected chi connectivity index (χ1v) is 7.86. The van der Waals surface area contributed by atoms with E-state index >= 15 is 0 Å². The monoisotopic (exact) mass is 248 g/mol. The lowest BCUT2D eigenvalue weighted by Crippen LogP contribution is -2.64. The molecule has 4 rings (SSSR count). The molecule has 0 aromatic carbocycles. The van der Waals surface area contributed by atoms with Crippen molar-refractivity contribution in [2.45, 2.75) is 57.0 Å². The van der Waals surface area contributed by atoms with Gasteiger partial charge >= 0.3 is 0 Å². The zero-order valence-electron chi connectivity index (χ0n) is 11.2. The summed E-state index contributed by atoms with van der Waals surface area (Å²) in [5.41, 5.74) is 0. The molecule has 4 atom stereocenters. The van der Waals surface area contributed by atoms with Gasteiger partial charge in [-0.25, -0.2) is 0 Å². The Kier molecular flexibility index (Phi) is 2.65. The molecule has 0 spiro atoms. The van der Waals surface area contributed by atoms with E-state index in [0.29, 0.717) is 11.9 Å². The van der Waals surface area contributed by atoms with Gasteiger partial charge in [0.05, 0.1) is 0 Å². The van der Waals surface area contributed by atoms with Gasteiger partial charge in [0.2, 0.25) is 5.91 Å². The molecule has 4 saturated heterocycles.